The van der Waals surface area contributed by atoms with Crippen LogP contribution in [-0.4, -0.2) is 72.5 Å². The van der Waals surface area contributed by atoms with E-state index in [1.54, 1.807) is 6.92 Å². The molecule has 4 rings (SSSR count). The molecule has 1 amide bonds. The summed E-state index contributed by atoms with van der Waals surface area (Å²) in [5.74, 6) is 0.603. The highest BCUT2D eigenvalue weighted by atomic mass is 16.5. The Morgan fingerprint density at radius 3 is 2.46 bits per heavy atom. The first-order valence-corrected chi connectivity index (χ1v) is 12.5. The van der Waals surface area contributed by atoms with Crippen LogP contribution >= 0.6 is 0 Å². The maximum Gasteiger partial charge on any atom is 0.255 e. The molecular formula is C26H35N5O4. The molecule has 2 N–H and O–H groups in total. The summed E-state index contributed by atoms with van der Waals surface area (Å²) >= 11 is 0. The number of carbonyl (C=O) groups is 2. The Bertz CT molecular complexity index is 1070. The first-order valence-electron chi connectivity index (χ1n) is 12.5. The van der Waals surface area contributed by atoms with Gasteiger partial charge in [0, 0.05) is 42.9 Å². The number of aryl methyl sites for hydroxylation is 1. The number of hydrogen-bond donors (Lipinski definition) is 2. The third kappa shape index (κ3) is 7.22. The van der Waals surface area contributed by atoms with Crippen LogP contribution in [0.2, 0.25) is 0 Å². The summed E-state index contributed by atoms with van der Waals surface area (Å²) in [6.45, 7) is 6.94. The van der Waals surface area contributed by atoms with Gasteiger partial charge in [0.1, 0.15) is 0 Å². The molecule has 1 aromatic heterocycles. The minimum atomic E-state index is -0.203. The Morgan fingerprint density at radius 2 is 1.77 bits per heavy atom. The predicted molar refractivity (Wildman–Crippen MR) is 135 cm³/mol. The van der Waals surface area contributed by atoms with E-state index in [1.165, 1.54) is 19.3 Å². The van der Waals surface area contributed by atoms with E-state index in [0.29, 0.717) is 68.6 Å². The molecule has 0 radical (unpaired) electrons. The van der Waals surface area contributed by atoms with Crippen LogP contribution in [0.5, 0.6) is 0 Å². The van der Waals surface area contributed by atoms with Crippen LogP contribution in [0.15, 0.2) is 29.1 Å². The number of H-pyrrole nitrogens is 1. The minimum Gasteiger partial charge on any atom is -0.378 e. The van der Waals surface area contributed by atoms with E-state index in [2.05, 4.69) is 20.2 Å². The Hall–Kier alpha value is -3.04. The van der Waals surface area contributed by atoms with Crippen molar-refractivity contribution in [2.75, 3.05) is 56.2 Å². The number of morpholine rings is 1. The monoisotopic (exact) mass is 481 g/mol. The van der Waals surface area contributed by atoms with Gasteiger partial charge in [-0.3, -0.25) is 24.3 Å². The zero-order valence-corrected chi connectivity index (χ0v) is 20.5. The van der Waals surface area contributed by atoms with E-state index in [0.717, 1.165) is 18.7 Å². The van der Waals surface area contributed by atoms with Gasteiger partial charge < -0.3 is 15.0 Å². The summed E-state index contributed by atoms with van der Waals surface area (Å²) in [6.07, 6.45) is 4.50. The summed E-state index contributed by atoms with van der Waals surface area (Å²) in [5, 5.41) is 2.87. The minimum absolute atomic E-state index is 0.171. The molecule has 2 aliphatic heterocycles. The van der Waals surface area contributed by atoms with Gasteiger partial charge in [0.05, 0.1) is 19.8 Å². The number of likely N-dealkylation sites (tertiary alicyclic amines) is 1. The van der Waals surface area contributed by atoms with Crippen molar-refractivity contribution in [3.8, 4) is 0 Å². The van der Waals surface area contributed by atoms with Crippen LogP contribution in [0, 0.1) is 6.92 Å². The number of carbonyl (C=O) groups excluding carboxylic acids is 2. The van der Waals surface area contributed by atoms with E-state index in [4.69, 9.17) is 4.74 Å². The molecule has 2 aromatic rings. The zero-order chi connectivity index (χ0) is 24.6. The lowest BCUT2D eigenvalue weighted by Gasteiger charge is -2.27. The van der Waals surface area contributed by atoms with E-state index >= 15 is 0 Å². The lowest BCUT2D eigenvalue weighted by atomic mass is 10.1. The third-order valence-corrected chi connectivity index (χ3v) is 6.61. The molecular weight excluding hydrogens is 446 g/mol. The molecule has 2 fully saturated rings. The second kappa shape index (κ2) is 12.1. The number of aromatic amines is 1. The summed E-state index contributed by atoms with van der Waals surface area (Å²) < 4.78 is 5.35. The Balaban J connectivity index is 1.25. The van der Waals surface area contributed by atoms with E-state index in [1.807, 2.05) is 29.2 Å². The molecule has 0 spiro atoms. The topological polar surface area (TPSA) is 108 Å². The van der Waals surface area contributed by atoms with Crippen LogP contribution in [0.4, 0.5) is 11.6 Å². The smallest absolute Gasteiger partial charge is 0.255 e. The molecule has 2 aliphatic rings. The number of nitrogens with one attached hydrogen (secondary N) is 2. The lowest BCUT2D eigenvalue weighted by molar-refractivity contribution is -0.120. The standard InChI is InChI=1S/C26H35N5O4/c1-19-23(25(34)29-26(27-19)31-13-15-35-16-14-31)9-10-24(33)28-21-7-5-20(6-8-21)17-22(32)18-30-11-3-2-4-12-30/h5-8H,2-4,9-18H2,1H3,(H,28,33)(H,27,29,34). The van der Waals surface area contributed by atoms with Crippen molar-refractivity contribution in [2.24, 2.45) is 0 Å². The van der Waals surface area contributed by atoms with Gasteiger partial charge in [-0.05, 0) is 57.0 Å². The highest BCUT2D eigenvalue weighted by Crippen LogP contribution is 2.14. The summed E-state index contributed by atoms with van der Waals surface area (Å²) in [4.78, 5) is 49.1. The molecule has 0 unspecified atom stereocenters. The maximum atomic E-state index is 12.6. The normalized spacial score (nSPS) is 16.8. The second-order valence-corrected chi connectivity index (χ2v) is 9.35. The summed E-state index contributed by atoms with van der Waals surface area (Å²) in [6, 6.07) is 7.40. The number of ketones is 1. The van der Waals surface area contributed by atoms with Gasteiger partial charge in [0.15, 0.2) is 5.78 Å². The van der Waals surface area contributed by atoms with Gasteiger partial charge in [0.25, 0.3) is 5.56 Å². The first kappa shape index (κ1) is 25.1. The van der Waals surface area contributed by atoms with Gasteiger partial charge >= 0.3 is 0 Å². The lowest BCUT2D eigenvalue weighted by Crippen LogP contribution is -2.38. The molecule has 0 aliphatic carbocycles. The van der Waals surface area contributed by atoms with Gasteiger partial charge in [-0.1, -0.05) is 18.6 Å². The molecule has 9 heteroatoms. The van der Waals surface area contributed by atoms with E-state index < -0.39 is 0 Å². The molecule has 188 valence electrons. The van der Waals surface area contributed by atoms with Crippen molar-refractivity contribution >= 4 is 23.3 Å². The summed E-state index contributed by atoms with van der Waals surface area (Å²) in [7, 11) is 0. The van der Waals surface area contributed by atoms with Crippen molar-refractivity contribution in [1.29, 1.82) is 0 Å². The number of anilines is 2. The van der Waals surface area contributed by atoms with Crippen LogP contribution in [0.25, 0.3) is 0 Å². The molecule has 9 nitrogen and oxygen atoms in total. The number of piperidine rings is 1. The first-order chi connectivity index (χ1) is 17.0. The molecule has 0 bridgehead atoms. The number of Topliss-reactive ketones (excluding diaryl/α,β-unsaturated/α-hetero) is 1. The van der Waals surface area contributed by atoms with Gasteiger partial charge in [-0.2, -0.15) is 0 Å². The van der Waals surface area contributed by atoms with Crippen LogP contribution in [0.3, 0.4) is 0 Å². The van der Waals surface area contributed by atoms with Crippen LogP contribution < -0.4 is 15.8 Å². The summed E-state index contributed by atoms with van der Waals surface area (Å²) in [5.41, 5.74) is 2.58. The third-order valence-electron chi connectivity index (χ3n) is 6.61. The fourth-order valence-corrected chi connectivity index (χ4v) is 4.63. The maximum absolute atomic E-state index is 12.6. The number of nitrogens with zero attached hydrogens (tertiary/aromatic N) is 3. The van der Waals surface area contributed by atoms with Crippen molar-refractivity contribution in [2.45, 2.75) is 45.4 Å². The largest absolute Gasteiger partial charge is 0.378 e. The molecule has 2 saturated heterocycles. The quantitative estimate of drug-likeness (QED) is 0.565. The molecule has 0 saturated carbocycles. The SMILES string of the molecule is Cc1nc(N2CCOCC2)[nH]c(=O)c1CCC(=O)Nc1ccc(CC(=O)CN2CCCCC2)cc1. The van der Waals surface area contributed by atoms with Crippen molar-refractivity contribution in [3.63, 3.8) is 0 Å². The Kier molecular flexibility index (Phi) is 8.65. The Morgan fingerprint density at radius 1 is 1.06 bits per heavy atom. The predicted octanol–water partition coefficient (Wildman–Crippen LogP) is 2.08. The van der Waals surface area contributed by atoms with Crippen molar-refractivity contribution in [3.05, 3.63) is 51.4 Å². The molecule has 35 heavy (non-hydrogen) atoms. The molecule has 1 aromatic carbocycles. The van der Waals surface area contributed by atoms with Gasteiger partial charge in [-0.25, -0.2) is 4.98 Å². The fourth-order valence-electron chi connectivity index (χ4n) is 4.63. The number of hydrogen-bond acceptors (Lipinski definition) is 7. The van der Waals surface area contributed by atoms with Crippen molar-refractivity contribution in [1.82, 2.24) is 14.9 Å². The Labute approximate surface area is 205 Å². The molecule has 0 atom stereocenters. The highest BCUT2D eigenvalue weighted by Gasteiger charge is 2.17. The zero-order valence-electron chi connectivity index (χ0n) is 20.5. The van der Waals surface area contributed by atoms with E-state index in [-0.39, 0.29) is 23.7 Å². The number of amides is 1. The van der Waals surface area contributed by atoms with Crippen molar-refractivity contribution < 1.29 is 14.3 Å². The number of rotatable bonds is 9. The van der Waals surface area contributed by atoms with Crippen LogP contribution in [-0.2, 0) is 27.2 Å². The van der Waals surface area contributed by atoms with E-state index in [9.17, 15) is 14.4 Å². The average molecular weight is 482 g/mol. The highest BCUT2D eigenvalue weighted by molar-refractivity contribution is 5.91. The number of benzene rings is 1. The van der Waals surface area contributed by atoms with Gasteiger partial charge in [0.2, 0.25) is 11.9 Å². The molecule has 3 heterocycles. The average Bonchev–Trinajstić information content (AvgIpc) is 2.86. The van der Waals surface area contributed by atoms with Crippen LogP contribution in [0.1, 0.15) is 42.5 Å². The number of ether oxygens (including phenoxy) is 1. The number of aromatic nitrogens is 2. The fraction of sp³-hybridized carbons (Fsp3) is 0.538. The van der Waals surface area contributed by atoms with Gasteiger partial charge in [-0.15, -0.1) is 0 Å². The second-order valence-electron chi connectivity index (χ2n) is 9.35.